The van der Waals surface area contributed by atoms with Crippen molar-refractivity contribution in [2.75, 3.05) is 13.1 Å². The number of carbonyl (C=O) groups is 1. The van der Waals surface area contributed by atoms with Crippen LogP contribution in [-0.4, -0.2) is 38.5 Å². The Labute approximate surface area is 182 Å². The number of pyridine rings is 1. The van der Waals surface area contributed by atoms with Crippen LogP contribution in [0.3, 0.4) is 0 Å². The van der Waals surface area contributed by atoms with Crippen molar-refractivity contribution < 1.29 is 18.0 Å². The molecule has 0 unspecified atom stereocenters. The van der Waals surface area contributed by atoms with Gasteiger partial charge in [-0.3, -0.25) is 9.78 Å². The summed E-state index contributed by atoms with van der Waals surface area (Å²) in [6.07, 6.45) is -0.438. The Morgan fingerprint density at radius 2 is 2.06 bits per heavy atom. The molecule has 3 aromatic rings. The van der Waals surface area contributed by atoms with Crippen LogP contribution in [0.2, 0.25) is 0 Å². The Morgan fingerprint density at radius 3 is 2.74 bits per heavy atom. The van der Waals surface area contributed by atoms with E-state index in [2.05, 4.69) is 14.6 Å². The molecule has 1 aliphatic heterocycles. The maximum Gasteiger partial charge on any atom is 0.416 e. The van der Waals surface area contributed by atoms with Crippen molar-refractivity contribution in [3.63, 3.8) is 0 Å². The van der Waals surface area contributed by atoms with Crippen LogP contribution in [-0.2, 0) is 12.6 Å². The number of amides is 1. The second-order valence-electron chi connectivity index (χ2n) is 7.74. The predicted molar refractivity (Wildman–Crippen MR) is 111 cm³/mol. The molecule has 162 valence electrons. The van der Waals surface area contributed by atoms with Crippen LogP contribution in [0.1, 0.15) is 56.5 Å². The summed E-state index contributed by atoms with van der Waals surface area (Å²) in [6, 6.07) is 9.18. The fourth-order valence-electron chi connectivity index (χ4n) is 3.85. The zero-order chi connectivity index (χ0) is 22.0. The highest BCUT2D eigenvalue weighted by atomic mass is 32.1. The molecule has 1 amide bonds. The standard InChI is InChI=1S/C22H21F3N4OS/c1-14-20(31-28-27-14)21(30)29-9-3-5-17(13-29)19-8-7-16(12-26-19)10-15-4-2-6-18(11-15)22(23,24)25/h2,4,6-8,11-12,17H,3,5,9-10,13H2,1H3/t17-/m1/s1. The van der Waals surface area contributed by atoms with Gasteiger partial charge in [-0.2, -0.15) is 13.2 Å². The second kappa shape index (κ2) is 8.74. The third kappa shape index (κ3) is 4.92. The number of piperidine rings is 1. The van der Waals surface area contributed by atoms with E-state index in [1.54, 1.807) is 19.2 Å². The number of aromatic nitrogens is 3. The van der Waals surface area contributed by atoms with Gasteiger partial charge >= 0.3 is 6.18 Å². The minimum absolute atomic E-state index is 0.0432. The van der Waals surface area contributed by atoms with E-state index in [-0.39, 0.29) is 11.8 Å². The van der Waals surface area contributed by atoms with E-state index in [4.69, 9.17) is 0 Å². The average molecular weight is 446 g/mol. The summed E-state index contributed by atoms with van der Waals surface area (Å²) < 4.78 is 42.6. The molecule has 0 bridgehead atoms. The van der Waals surface area contributed by atoms with E-state index in [9.17, 15) is 18.0 Å². The molecule has 5 nitrogen and oxygen atoms in total. The molecule has 0 N–H and O–H groups in total. The Kier molecular flexibility index (Phi) is 6.04. The van der Waals surface area contributed by atoms with E-state index in [1.165, 1.54) is 12.1 Å². The molecule has 9 heteroatoms. The molecule has 0 spiro atoms. The Bertz CT molecular complexity index is 1070. The number of hydrogen-bond donors (Lipinski definition) is 0. The van der Waals surface area contributed by atoms with E-state index < -0.39 is 11.7 Å². The Balaban J connectivity index is 1.43. The molecule has 4 rings (SSSR count). The second-order valence-corrected chi connectivity index (χ2v) is 8.50. The number of halogens is 3. The largest absolute Gasteiger partial charge is 0.416 e. The first kappa shape index (κ1) is 21.4. The van der Waals surface area contributed by atoms with Gasteiger partial charge in [-0.25, -0.2) is 0 Å². The Hall–Kier alpha value is -2.81. The molecule has 1 atom stereocenters. The van der Waals surface area contributed by atoms with Crippen LogP contribution in [0.5, 0.6) is 0 Å². The van der Waals surface area contributed by atoms with Crippen molar-refractivity contribution in [3.05, 3.63) is 75.6 Å². The molecule has 0 saturated carbocycles. The molecular weight excluding hydrogens is 425 g/mol. The number of benzene rings is 1. The summed E-state index contributed by atoms with van der Waals surface area (Å²) in [4.78, 5) is 19.7. The normalized spacial score (nSPS) is 17.0. The molecule has 1 aromatic carbocycles. The number of carbonyl (C=O) groups excluding carboxylic acids is 1. The monoisotopic (exact) mass is 446 g/mol. The smallest absolute Gasteiger partial charge is 0.337 e. The third-order valence-electron chi connectivity index (χ3n) is 5.48. The Morgan fingerprint density at radius 1 is 1.23 bits per heavy atom. The highest BCUT2D eigenvalue weighted by Gasteiger charge is 2.30. The number of aryl methyl sites for hydroxylation is 1. The predicted octanol–water partition coefficient (Wildman–Crippen LogP) is 4.87. The summed E-state index contributed by atoms with van der Waals surface area (Å²) >= 11 is 1.12. The summed E-state index contributed by atoms with van der Waals surface area (Å²) in [5, 5.41) is 3.92. The number of rotatable bonds is 4. The zero-order valence-corrected chi connectivity index (χ0v) is 17.7. The van der Waals surface area contributed by atoms with Crippen molar-refractivity contribution >= 4 is 17.4 Å². The van der Waals surface area contributed by atoms with Gasteiger partial charge in [0, 0.05) is 30.9 Å². The SMILES string of the molecule is Cc1nnsc1C(=O)N1CCC[C@@H](c2ccc(Cc3cccc(C(F)(F)F)c3)cn2)C1. The lowest BCUT2D eigenvalue weighted by Gasteiger charge is -2.32. The van der Waals surface area contributed by atoms with E-state index in [1.807, 2.05) is 17.0 Å². The van der Waals surface area contributed by atoms with Crippen LogP contribution in [0, 0.1) is 6.92 Å². The van der Waals surface area contributed by atoms with Crippen molar-refractivity contribution in [1.82, 2.24) is 19.5 Å². The summed E-state index contributed by atoms with van der Waals surface area (Å²) in [5.74, 6) is 0.0832. The maximum absolute atomic E-state index is 12.9. The topological polar surface area (TPSA) is 59.0 Å². The van der Waals surface area contributed by atoms with Crippen LogP contribution in [0.25, 0.3) is 0 Å². The van der Waals surface area contributed by atoms with Gasteiger partial charge in [0.15, 0.2) is 0 Å². The van der Waals surface area contributed by atoms with Gasteiger partial charge in [-0.1, -0.05) is 28.8 Å². The number of alkyl halides is 3. The van der Waals surface area contributed by atoms with Gasteiger partial charge in [0.05, 0.1) is 11.3 Å². The average Bonchev–Trinajstić information content (AvgIpc) is 3.19. The van der Waals surface area contributed by atoms with Gasteiger partial charge in [0.2, 0.25) is 0 Å². The molecule has 1 aliphatic rings. The minimum Gasteiger partial charge on any atom is -0.337 e. The van der Waals surface area contributed by atoms with Gasteiger partial charge in [-0.15, -0.1) is 5.10 Å². The maximum atomic E-state index is 12.9. The highest BCUT2D eigenvalue weighted by Crippen LogP contribution is 2.30. The summed E-state index contributed by atoms with van der Waals surface area (Å²) in [6.45, 7) is 3.05. The third-order valence-corrected chi connectivity index (χ3v) is 6.30. The van der Waals surface area contributed by atoms with E-state index >= 15 is 0 Å². The molecule has 1 saturated heterocycles. The summed E-state index contributed by atoms with van der Waals surface area (Å²) in [5.41, 5.74) is 2.33. The minimum atomic E-state index is -4.35. The molecule has 3 heterocycles. The lowest BCUT2D eigenvalue weighted by Crippen LogP contribution is -2.39. The first-order valence-corrected chi connectivity index (χ1v) is 10.8. The van der Waals surface area contributed by atoms with Crippen LogP contribution in [0.15, 0.2) is 42.6 Å². The van der Waals surface area contributed by atoms with Gasteiger partial charge in [0.1, 0.15) is 4.88 Å². The highest BCUT2D eigenvalue weighted by molar-refractivity contribution is 7.07. The lowest BCUT2D eigenvalue weighted by atomic mass is 9.93. The number of nitrogens with zero attached hydrogens (tertiary/aromatic N) is 4. The lowest BCUT2D eigenvalue weighted by molar-refractivity contribution is -0.137. The molecule has 0 aliphatic carbocycles. The van der Waals surface area contributed by atoms with E-state index in [0.717, 1.165) is 41.7 Å². The number of hydrogen-bond acceptors (Lipinski definition) is 5. The fraction of sp³-hybridized carbons (Fsp3) is 0.364. The van der Waals surface area contributed by atoms with Crippen molar-refractivity contribution in [2.45, 2.75) is 38.3 Å². The summed E-state index contributed by atoms with van der Waals surface area (Å²) in [7, 11) is 0. The first-order chi connectivity index (χ1) is 14.8. The first-order valence-electron chi connectivity index (χ1n) is 10.0. The van der Waals surface area contributed by atoms with Crippen LogP contribution < -0.4 is 0 Å². The molecular formula is C22H21F3N4OS. The van der Waals surface area contributed by atoms with Gasteiger partial charge in [0.25, 0.3) is 5.91 Å². The quantitative estimate of drug-likeness (QED) is 0.574. The van der Waals surface area contributed by atoms with Crippen molar-refractivity contribution in [3.8, 4) is 0 Å². The number of likely N-dealkylation sites (tertiary alicyclic amines) is 1. The van der Waals surface area contributed by atoms with Crippen LogP contribution in [0.4, 0.5) is 13.2 Å². The molecule has 2 aromatic heterocycles. The van der Waals surface area contributed by atoms with Crippen molar-refractivity contribution in [2.24, 2.45) is 0 Å². The zero-order valence-electron chi connectivity index (χ0n) is 16.9. The molecule has 1 fully saturated rings. The molecule has 31 heavy (non-hydrogen) atoms. The van der Waals surface area contributed by atoms with Crippen LogP contribution >= 0.6 is 11.5 Å². The van der Waals surface area contributed by atoms with Gasteiger partial charge < -0.3 is 4.90 Å². The fourth-order valence-corrected chi connectivity index (χ4v) is 4.47. The van der Waals surface area contributed by atoms with E-state index in [0.29, 0.717) is 35.6 Å². The van der Waals surface area contributed by atoms with Gasteiger partial charge in [-0.05, 0) is 61.0 Å². The van der Waals surface area contributed by atoms with Crippen molar-refractivity contribution in [1.29, 1.82) is 0 Å². The molecule has 0 radical (unpaired) electrons.